The predicted octanol–water partition coefficient (Wildman–Crippen LogP) is 2.89. The monoisotopic (exact) mass is 332 g/mol. The molecular weight excluding hydrogens is 319 g/mol. The molecule has 0 amide bonds. The summed E-state index contributed by atoms with van der Waals surface area (Å²) in [5.74, 6) is -0.320. The number of esters is 1. The third-order valence-corrected chi connectivity index (χ3v) is 4.30. The van der Waals surface area contributed by atoms with Gasteiger partial charge in [-0.1, -0.05) is 12.1 Å². The highest BCUT2D eigenvalue weighted by Gasteiger charge is 2.15. The second kappa shape index (κ2) is 6.29. The van der Waals surface area contributed by atoms with Gasteiger partial charge < -0.3 is 9.72 Å². The number of H-pyrrole nitrogens is 1. The first-order valence-corrected chi connectivity index (χ1v) is 7.82. The van der Waals surface area contributed by atoms with Gasteiger partial charge in [0.25, 0.3) is 5.56 Å². The number of hydrogen-bond acceptors (Lipinski definition) is 5. The van der Waals surface area contributed by atoms with E-state index in [4.69, 9.17) is 4.74 Å². The van der Waals surface area contributed by atoms with E-state index < -0.39 is 5.97 Å². The highest BCUT2D eigenvalue weighted by molar-refractivity contribution is 7.20. The van der Waals surface area contributed by atoms with Crippen LogP contribution in [-0.4, -0.2) is 22.5 Å². The SMILES string of the molecule is CCOC(=O)c1cc2nc(Cc3ccc(F)cc3)[nH]c(=O)c2s1. The van der Waals surface area contributed by atoms with Gasteiger partial charge in [0, 0.05) is 6.42 Å². The van der Waals surface area contributed by atoms with Crippen molar-refractivity contribution in [3.63, 3.8) is 0 Å². The Morgan fingerprint density at radius 3 is 2.78 bits per heavy atom. The molecule has 0 aliphatic carbocycles. The fraction of sp³-hybridized carbons (Fsp3) is 0.188. The first kappa shape index (κ1) is 15.4. The van der Waals surface area contributed by atoms with Gasteiger partial charge in [-0.15, -0.1) is 11.3 Å². The van der Waals surface area contributed by atoms with Crippen LogP contribution in [0.3, 0.4) is 0 Å². The smallest absolute Gasteiger partial charge is 0.348 e. The third kappa shape index (κ3) is 3.29. The Labute approximate surface area is 134 Å². The first-order valence-electron chi connectivity index (χ1n) is 7.01. The number of carbonyl (C=O) groups excluding carboxylic acids is 1. The van der Waals surface area contributed by atoms with Gasteiger partial charge in [-0.2, -0.15) is 0 Å². The second-order valence-corrected chi connectivity index (χ2v) is 5.91. The zero-order valence-electron chi connectivity index (χ0n) is 12.3. The number of benzene rings is 1. The fourth-order valence-corrected chi connectivity index (χ4v) is 3.06. The molecule has 118 valence electrons. The van der Waals surface area contributed by atoms with Crippen molar-refractivity contribution in [2.45, 2.75) is 13.3 Å². The molecule has 5 nitrogen and oxygen atoms in total. The maximum atomic E-state index is 12.9. The van der Waals surface area contributed by atoms with Crippen LogP contribution >= 0.6 is 11.3 Å². The van der Waals surface area contributed by atoms with Gasteiger partial charge in [0.05, 0.1) is 12.1 Å². The zero-order chi connectivity index (χ0) is 16.4. The van der Waals surface area contributed by atoms with Gasteiger partial charge in [0.2, 0.25) is 0 Å². The lowest BCUT2D eigenvalue weighted by Gasteiger charge is -2.01. The van der Waals surface area contributed by atoms with Crippen LogP contribution in [0, 0.1) is 5.82 Å². The lowest BCUT2D eigenvalue weighted by molar-refractivity contribution is 0.0532. The van der Waals surface area contributed by atoms with Crippen molar-refractivity contribution in [2.24, 2.45) is 0 Å². The molecular formula is C16H13FN2O3S. The van der Waals surface area contributed by atoms with Crippen LogP contribution < -0.4 is 5.56 Å². The number of nitrogens with zero attached hydrogens (tertiary/aromatic N) is 1. The van der Waals surface area contributed by atoms with Gasteiger partial charge in [0.1, 0.15) is 21.2 Å². The van der Waals surface area contributed by atoms with Crippen LogP contribution in [0.2, 0.25) is 0 Å². The summed E-state index contributed by atoms with van der Waals surface area (Å²) >= 11 is 1.06. The number of hydrogen-bond donors (Lipinski definition) is 1. The topological polar surface area (TPSA) is 72.0 Å². The van der Waals surface area contributed by atoms with Crippen molar-refractivity contribution in [2.75, 3.05) is 6.61 Å². The number of nitrogens with one attached hydrogen (secondary N) is 1. The van der Waals surface area contributed by atoms with E-state index in [0.717, 1.165) is 16.9 Å². The molecule has 23 heavy (non-hydrogen) atoms. The highest BCUT2D eigenvalue weighted by Crippen LogP contribution is 2.22. The summed E-state index contributed by atoms with van der Waals surface area (Å²) in [5.41, 5.74) is 0.987. The van der Waals surface area contributed by atoms with E-state index in [-0.39, 0.29) is 18.0 Å². The van der Waals surface area contributed by atoms with Crippen molar-refractivity contribution in [3.8, 4) is 0 Å². The molecule has 1 aromatic carbocycles. The van der Waals surface area contributed by atoms with E-state index in [9.17, 15) is 14.0 Å². The summed E-state index contributed by atoms with van der Waals surface area (Å²) in [6.07, 6.45) is 0.371. The molecule has 0 aliphatic rings. The second-order valence-electron chi connectivity index (χ2n) is 4.86. The summed E-state index contributed by atoms with van der Waals surface area (Å²) < 4.78 is 18.2. The lowest BCUT2D eigenvalue weighted by Crippen LogP contribution is -2.10. The molecule has 7 heteroatoms. The molecule has 0 aliphatic heterocycles. The maximum absolute atomic E-state index is 12.9. The summed E-state index contributed by atoms with van der Waals surface area (Å²) in [6.45, 7) is 1.99. The van der Waals surface area contributed by atoms with E-state index >= 15 is 0 Å². The third-order valence-electron chi connectivity index (χ3n) is 3.19. The fourth-order valence-electron chi connectivity index (χ4n) is 2.17. The number of fused-ring (bicyclic) bond motifs is 1. The molecule has 0 fully saturated rings. The number of halogens is 1. The molecule has 0 unspecified atom stereocenters. The van der Waals surface area contributed by atoms with Crippen LogP contribution in [0.5, 0.6) is 0 Å². The Morgan fingerprint density at radius 2 is 2.09 bits per heavy atom. The number of aromatic nitrogens is 2. The summed E-state index contributed by atoms with van der Waals surface area (Å²) in [7, 11) is 0. The summed E-state index contributed by atoms with van der Waals surface area (Å²) in [4.78, 5) is 31.3. The van der Waals surface area contributed by atoms with Crippen LogP contribution in [0.1, 0.15) is 28.0 Å². The average Bonchev–Trinajstić information content (AvgIpc) is 2.95. The Bertz CT molecular complexity index is 915. The summed E-state index contributed by atoms with van der Waals surface area (Å²) in [6, 6.07) is 7.54. The standard InChI is InChI=1S/C16H13FN2O3S/c1-2-22-16(21)12-8-11-14(23-12)15(20)19-13(18-11)7-9-3-5-10(17)6-4-9/h3-6,8H,2,7H2,1H3,(H,18,19,20). The van der Waals surface area contributed by atoms with Gasteiger partial charge in [-0.25, -0.2) is 14.2 Å². The molecule has 1 N–H and O–H groups in total. The van der Waals surface area contributed by atoms with Crippen LogP contribution in [0.25, 0.3) is 10.2 Å². The van der Waals surface area contributed by atoms with Crippen molar-refractivity contribution in [1.82, 2.24) is 9.97 Å². The number of ether oxygens (including phenoxy) is 1. The van der Waals surface area contributed by atoms with E-state index in [1.807, 2.05) is 0 Å². The molecule has 0 radical (unpaired) electrons. The number of thiophene rings is 1. The Hall–Kier alpha value is -2.54. The Morgan fingerprint density at radius 1 is 1.35 bits per heavy atom. The summed E-state index contributed by atoms with van der Waals surface area (Å²) in [5, 5.41) is 0. The quantitative estimate of drug-likeness (QED) is 0.746. The highest BCUT2D eigenvalue weighted by atomic mass is 32.1. The first-order chi connectivity index (χ1) is 11.1. The molecule has 3 rings (SSSR count). The molecule has 0 spiro atoms. The maximum Gasteiger partial charge on any atom is 0.348 e. The van der Waals surface area contributed by atoms with Gasteiger partial charge in [-0.05, 0) is 30.7 Å². The molecule has 2 heterocycles. The van der Waals surface area contributed by atoms with Crippen molar-refractivity contribution in [1.29, 1.82) is 0 Å². The van der Waals surface area contributed by atoms with E-state index in [1.165, 1.54) is 12.1 Å². The largest absolute Gasteiger partial charge is 0.462 e. The van der Waals surface area contributed by atoms with Crippen LogP contribution in [0.15, 0.2) is 35.1 Å². The minimum atomic E-state index is -0.463. The Balaban J connectivity index is 1.95. The molecule has 0 saturated heterocycles. The molecule has 3 aromatic rings. The van der Waals surface area contributed by atoms with Gasteiger partial charge >= 0.3 is 5.97 Å². The predicted molar refractivity (Wildman–Crippen MR) is 85.4 cm³/mol. The van der Waals surface area contributed by atoms with Crippen LogP contribution in [0.4, 0.5) is 4.39 Å². The number of aromatic amines is 1. The molecule has 0 atom stereocenters. The van der Waals surface area contributed by atoms with E-state index in [0.29, 0.717) is 27.3 Å². The number of carbonyl (C=O) groups is 1. The van der Waals surface area contributed by atoms with E-state index in [1.54, 1.807) is 25.1 Å². The Kier molecular flexibility index (Phi) is 4.20. The van der Waals surface area contributed by atoms with Gasteiger partial charge in [-0.3, -0.25) is 4.79 Å². The van der Waals surface area contributed by atoms with Crippen molar-refractivity contribution < 1.29 is 13.9 Å². The van der Waals surface area contributed by atoms with Crippen molar-refractivity contribution >= 4 is 27.5 Å². The minimum absolute atomic E-state index is 0.271. The van der Waals surface area contributed by atoms with Crippen LogP contribution in [-0.2, 0) is 11.2 Å². The molecule has 0 saturated carbocycles. The van der Waals surface area contributed by atoms with Crippen molar-refractivity contribution in [3.05, 3.63) is 62.8 Å². The zero-order valence-corrected chi connectivity index (χ0v) is 13.1. The average molecular weight is 332 g/mol. The van der Waals surface area contributed by atoms with Gasteiger partial charge in [0.15, 0.2) is 0 Å². The molecule has 0 bridgehead atoms. The number of rotatable bonds is 4. The lowest BCUT2D eigenvalue weighted by atomic mass is 10.1. The molecule has 2 aromatic heterocycles. The van der Waals surface area contributed by atoms with E-state index in [2.05, 4.69) is 9.97 Å². The minimum Gasteiger partial charge on any atom is -0.462 e. The normalized spacial score (nSPS) is 10.9.